The van der Waals surface area contributed by atoms with Crippen molar-refractivity contribution in [3.05, 3.63) is 46.7 Å². The molecule has 0 fully saturated rings. The maximum Gasteiger partial charge on any atom is 0.258 e. The van der Waals surface area contributed by atoms with Gasteiger partial charge in [0.05, 0.1) is 19.1 Å². The number of hydrogen-bond acceptors (Lipinski definition) is 7. The fourth-order valence-electron chi connectivity index (χ4n) is 2.40. The number of methoxy groups -OCH3 is 2. The molecule has 136 valence electrons. The lowest BCUT2D eigenvalue weighted by molar-refractivity contribution is -0.120. The van der Waals surface area contributed by atoms with E-state index in [4.69, 9.17) is 13.9 Å². The molecular formula is C18H19N3O4S. The molecule has 0 saturated carbocycles. The van der Waals surface area contributed by atoms with E-state index in [9.17, 15) is 4.79 Å². The lowest BCUT2D eigenvalue weighted by atomic mass is 10.2. The number of aromatic nitrogens is 2. The third-order valence-corrected chi connectivity index (χ3v) is 4.81. The summed E-state index contributed by atoms with van der Waals surface area (Å²) < 4.78 is 16.1. The first-order chi connectivity index (χ1) is 12.6. The maximum absolute atomic E-state index is 12.2. The smallest absolute Gasteiger partial charge is 0.258 e. The summed E-state index contributed by atoms with van der Waals surface area (Å²) in [5, 5.41) is 12.8. The molecule has 0 unspecified atom stereocenters. The van der Waals surface area contributed by atoms with Crippen LogP contribution in [0.5, 0.6) is 11.5 Å². The van der Waals surface area contributed by atoms with Gasteiger partial charge >= 0.3 is 0 Å². The minimum absolute atomic E-state index is 0.0237. The van der Waals surface area contributed by atoms with Crippen LogP contribution in [0, 0.1) is 6.92 Å². The number of thiophene rings is 1. The Hall–Kier alpha value is -2.87. The number of hydrogen-bond donors (Lipinski definition) is 1. The van der Waals surface area contributed by atoms with Crippen molar-refractivity contribution in [1.82, 2.24) is 15.5 Å². The Morgan fingerprint density at radius 2 is 2.08 bits per heavy atom. The van der Waals surface area contributed by atoms with Crippen LogP contribution in [0.3, 0.4) is 0 Å². The van der Waals surface area contributed by atoms with Crippen LogP contribution in [0.1, 0.15) is 17.0 Å². The number of nitrogens with one attached hydrogen (secondary N) is 1. The Morgan fingerprint density at radius 1 is 1.23 bits per heavy atom. The molecule has 2 aromatic heterocycles. The number of nitrogens with zero attached hydrogens (tertiary/aromatic N) is 2. The number of rotatable bonds is 7. The fourth-order valence-corrected chi connectivity index (χ4v) is 3.25. The van der Waals surface area contributed by atoms with Crippen molar-refractivity contribution in [3.8, 4) is 22.3 Å². The highest BCUT2D eigenvalue weighted by atomic mass is 32.1. The van der Waals surface area contributed by atoms with E-state index in [1.54, 1.807) is 20.3 Å². The van der Waals surface area contributed by atoms with Gasteiger partial charge in [-0.1, -0.05) is 0 Å². The molecule has 1 amide bonds. The van der Waals surface area contributed by atoms with Crippen LogP contribution in [0.25, 0.3) is 10.8 Å². The average Bonchev–Trinajstić information content (AvgIpc) is 3.28. The summed E-state index contributed by atoms with van der Waals surface area (Å²) in [5.41, 5.74) is 1.92. The average molecular weight is 373 g/mol. The van der Waals surface area contributed by atoms with E-state index in [0.717, 1.165) is 16.0 Å². The first-order valence-electron chi connectivity index (χ1n) is 7.95. The molecule has 7 nitrogen and oxygen atoms in total. The summed E-state index contributed by atoms with van der Waals surface area (Å²) in [5.74, 6) is 1.86. The SMILES string of the molecule is COc1ccc(CNC(=O)Cc2nnc(-c3sccc3C)o2)c(OC)c1. The third kappa shape index (κ3) is 4.02. The van der Waals surface area contributed by atoms with Crippen LogP contribution in [0.4, 0.5) is 0 Å². The van der Waals surface area contributed by atoms with Crippen molar-refractivity contribution in [2.75, 3.05) is 14.2 Å². The first kappa shape index (κ1) is 17.9. The molecule has 0 radical (unpaired) electrons. The Balaban J connectivity index is 1.60. The number of carbonyl (C=O) groups excluding carboxylic acids is 1. The van der Waals surface area contributed by atoms with E-state index >= 15 is 0 Å². The second kappa shape index (κ2) is 8.01. The first-order valence-corrected chi connectivity index (χ1v) is 8.83. The van der Waals surface area contributed by atoms with E-state index in [-0.39, 0.29) is 18.2 Å². The van der Waals surface area contributed by atoms with Crippen molar-refractivity contribution in [2.45, 2.75) is 19.9 Å². The molecule has 0 saturated heterocycles. The monoisotopic (exact) mass is 373 g/mol. The third-order valence-electron chi connectivity index (χ3n) is 3.81. The molecule has 0 aliphatic rings. The van der Waals surface area contributed by atoms with Crippen molar-refractivity contribution >= 4 is 17.2 Å². The van der Waals surface area contributed by atoms with Crippen molar-refractivity contribution in [2.24, 2.45) is 0 Å². The largest absolute Gasteiger partial charge is 0.497 e. The van der Waals surface area contributed by atoms with Crippen molar-refractivity contribution < 1.29 is 18.7 Å². The van der Waals surface area contributed by atoms with Crippen molar-refractivity contribution in [1.29, 1.82) is 0 Å². The second-order valence-electron chi connectivity index (χ2n) is 5.56. The van der Waals surface area contributed by atoms with Gasteiger partial charge < -0.3 is 19.2 Å². The lowest BCUT2D eigenvalue weighted by Gasteiger charge is -2.11. The van der Waals surface area contributed by atoms with Crippen LogP contribution < -0.4 is 14.8 Å². The Kier molecular flexibility index (Phi) is 5.52. The predicted octanol–water partition coefficient (Wildman–Crippen LogP) is 2.98. The molecule has 3 rings (SSSR count). The fraction of sp³-hybridized carbons (Fsp3) is 0.278. The molecule has 0 aliphatic heterocycles. The van der Waals surface area contributed by atoms with Gasteiger partial charge in [-0.15, -0.1) is 21.5 Å². The number of amides is 1. The van der Waals surface area contributed by atoms with E-state index in [1.807, 2.05) is 30.5 Å². The van der Waals surface area contributed by atoms with E-state index in [2.05, 4.69) is 15.5 Å². The van der Waals surface area contributed by atoms with E-state index in [0.29, 0.717) is 23.9 Å². The molecular weight excluding hydrogens is 354 g/mol. The lowest BCUT2D eigenvalue weighted by Crippen LogP contribution is -2.24. The summed E-state index contributed by atoms with van der Waals surface area (Å²) in [6.45, 7) is 2.31. The van der Waals surface area contributed by atoms with Gasteiger partial charge in [-0.25, -0.2) is 0 Å². The van der Waals surface area contributed by atoms with Crippen LogP contribution >= 0.6 is 11.3 Å². The van der Waals surface area contributed by atoms with Gasteiger partial charge in [0.25, 0.3) is 5.89 Å². The number of aryl methyl sites for hydroxylation is 1. The van der Waals surface area contributed by atoms with Gasteiger partial charge in [0, 0.05) is 18.2 Å². The Bertz CT molecular complexity index is 903. The van der Waals surface area contributed by atoms with E-state index < -0.39 is 0 Å². The highest BCUT2D eigenvalue weighted by Gasteiger charge is 2.15. The molecule has 1 N–H and O–H groups in total. The van der Waals surface area contributed by atoms with Gasteiger partial charge in [0.1, 0.15) is 17.9 Å². The summed E-state index contributed by atoms with van der Waals surface area (Å²) in [6, 6.07) is 7.42. The van der Waals surface area contributed by atoms with Gasteiger partial charge in [-0.2, -0.15) is 0 Å². The summed E-state index contributed by atoms with van der Waals surface area (Å²) in [4.78, 5) is 13.1. The van der Waals surface area contributed by atoms with Gasteiger partial charge in [0.15, 0.2) is 0 Å². The molecule has 0 aliphatic carbocycles. The molecule has 26 heavy (non-hydrogen) atoms. The van der Waals surface area contributed by atoms with Crippen LogP contribution in [0.2, 0.25) is 0 Å². The Labute approximate surface area is 155 Å². The van der Waals surface area contributed by atoms with Crippen LogP contribution in [-0.2, 0) is 17.8 Å². The number of ether oxygens (including phenoxy) is 2. The minimum atomic E-state index is -0.207. The molecule has 0 spiro atoms. The molecule has 8 heteroatoms. The van der Waals surface area contributed by atoms with E-state index in [1.165, 1.54) is 11.3 Å². The predicted molar refractivity (Wildman–Crippen MR) is 97.4 cm³/mol. The topological polar surface area (TPSA) is 86.5 Å². The zero-order chi connectivity index (χ0) is 18.5. The molecule has 3 aromatic rings. The molecule has 1 aromatic carbocycles. The van der Waals surface area contributed by atoms with Crippen molar-refractivity contribution in [3.63, 3.8) is 0 Å². The normalized spacial score (nSPS) is 10.6. The highest BCUT2D eigenvalue weighted by Crippen LogP contribution is 2.28. The number of carbonyl (C=O) groups is 1. The van der Waals surface area contributed by atoms with Gasteiger partial charge in [0.2, 0.25) is 11.8 Å². The highest BCUT2D eigenvalue weighted by molar-refractivity contribution is 7.13. The molecule has 0 atom stereocenters. The summed E-state index contributed by atoms with van der Waals surface area (Å²) in [7, 11) is 3.17. The van der Waals surface area contributed by atoms with Crippen LogP contribution in [-0.4, -0.2) is 30.3 Å². The molecule has 0 bridgehead atoms. The Morgan fingerprint density at radius 3 is 2.77 bits per heavy atom. The van der Waals surface area contributed by atoms with Crippen LogP contribution in [0.15, 0.2) is 34.1 Å². The maximum atomic E-state index is 12.2. The van der Waals surface area contributed by atoms with Gasteiger partial charge in [-0.05, 0) is 36.1 Å². The summed E-state index contributed by atoms with van der Waals surface area (Å²) >= 11 is 1.53. The number of benzene rings is 1. The zero-order valence-corrected chi connectivity index (χ0v) is 15.6. The zero-order valence-electron chi connectivity index (χ0n) is 14.7. The minimum Gasteiger partial charge on any atom is -0.497 e. The quantitative estimate of drug-likeness (QED) is 0.685. The summed E-state index contributed by atoms with van der Waals surface area (Å²) in [6.07, 6.45) is 0.0237. The second-order valence-corrected chi connectivity index (χ2v) is 6.48. The standard InChI is InChI=1S/C18H19N3O4S/c1-11-6-7-26-17(11)18-21-20-16(25-18)9-15(22)19-10-12-4-5-13(23-2)8-14(12)24-3/h4-8H,9-10H2,1-3H3,(H,19,22). The van der Waals surface area contributed by atoms with Gasteiger partial charge in [-0.3, -0.25) is 4.79 Å². The molecule has 2 heterocycles.